The maximum absolute atomic E-state index is 2.50. The topological polar surface area (TPSA) is 3.88 Å². The monoisotopic (exact) mass is 236 g/mol. The fourth-order valence-electron chi connectivity index (χ4n) is 3.90. The molecule has 3 unspecified atom stereocenters. The summed E-state index contributed by atoms with van der Waals surface area (Å²) in [6, 6.07) is 16.1. The molecule has 1 aliphatic heterocycles. The molecule has 0 spiro atoms. The summed E-state index contributed by atoms with van der Waals surface area (Å²) in [6.45, 7) is 4.76. The Kier molecular flexibility index (Phi) is 1.85. The minimum absolute atomic E-state index is 0.438. The second kappa shape index (κ2) is 3.23. The Bertz CT molecular complexity index is 578. The van der Waals surface area contributed by atoms with E-state index in [1.54, 1.807) is 5.56 Å². The highest BCUT2D eigenvalue weighted by atomic mass is 15.1. The van der Waals surface area contributed by atoms with Gasteiger partial charge in [-0.1, -0.05) is 32.0 Å². The maximum atomic E-state index is 2.50. The molecule has 2 aromatic rings. The largest absolute Gasteiger partial charge is 0.213 e. The van der Waals surface area contributed by atoms with Gasteiger partial charge in [0.15, 0.2) is 12.2 Å². The van der Waals surface area contributed by atoms with E-state index in [-0.39, 0.29) is 0 Å². The summed E-state index contributed by atoms with van der Waals surface area (Å²) in [5.41, 5.74) is 4.80. The van der Waals surface area contributed by atoms with Gasteiger partial charge < -0.3 is 0 Å². The molecule has 4 rings (SSSR count). The van der Waals surface area contributed by atoms with Crippen molar-refractivity contribution in [2.75, 3.05) is 0 Å². The maximum Gasteiger partial charge on any atom is 0.213 e. The third kappa shape index (κ3) is 1.05. The summed E-state index contributed by atoms with van der Waals surface area (Å²) in [5.74, 6) is 0.707. The summed E-state index contributed by atoms with van der Waals surface area (Å²) in [7, 11) is 0. The molecular weight excluding hydrogens is 218 g/mol. The van der Waals surface area contributed by atoms with Gasteiger partial charge in [-0.05, 0) is 24.1 Å². The van der Waals surface area contributed by atoms with Crippen molar-refractivity contribution in [2.45, 2.75) is 32.2 Å². The highest BCUT2D eigenvalue weighted by molar-refractivity contribution is 5.65. The second-order valence-corrected chi connectivity index (χ2v) is 5.86. The van der Waals surface area contributed by atoms with Gasteiger partial charge in [-0.3, -0.25) is 0 Å². The van der Waals surface area contributed by atoms with E-state index in [1.165, 1.54) is 17.7 Å². The smallest absolute Gasteiger partial charge is 0.194 e. The molecule has 1 fully saturated rings. The van der Waals surface area contributed by atoms with E-state index >= 15 is 0 Å². The zero-order chi connectivity index (χ0) is 12.3. The van der Waals surface area contributed by atoms with Crippen LogP contribution in [0, 0.1) is 5.41 Å². The first-order chi connectivity index (χ1) is 8.77. The number of fused-ring (bicyclic) bond motifs is 6. The standard InChI is InChI=1S/C17H18N/c1-3-17(2)15-13-9-5-4-8-12(13)14-10-6-7-11-18(14)16(15)17/h4-11,15-16H,3H2,1-2H3/q+1. The van der Waals surface area contributed by atoms with Crippen molar-refractivity contribution < 1.29 is 4.57 Å². The van der Waals surface area contributed by atoms with E-state index < -0.39 is 0 Å². The van der Waals surface area contributed by atoms with Crippen molar-refractivity contribution in [3.05, 3.63) is 54.2 Å². The van der Waals surface area contributed by atoms with Crippen molar-refractivity contribution >= 4 is 0 Å². The number of hydrogen-bond acceptors (Lipinski definition) is 0. The van der Waals surface area contributed by atoms with E-state index in [9.17, 15) is 0 Å². The predicted octanol–water partition coefficient (Wildman–Crippen LogP) is 3.71. The average Bonchev–Trinajstić information content (AvgIpc) is 3.07. The van der Waals surface area contributed by atoms with Gasteiger partial charge in [0.25, 0.3) is 0 Å². The van der Waals surface area contributed by atoms with Crippen LogP contribution in [0.5, 0.6) is 0 Å². The molecule has 0 saturated heterocycles. The summed E-state index contributed by atoms with van der Waals surface area (Å²) in [5, 5.41) is 0. The summed E-state index contributed by atoms with van der Waals surface area (Å²) in [6.07, 6.45) is 3.50. The van der Waals surface area contributed by atoms with Gasteiger partial charge in [0.05, 0.1) is 5.92 Å². The Morgan fingerprint density at radius 1 is 1.11 bits per heavy atom. The Balaban J connectivity index is 2.03. The van der Waals surface area contributed by atoms with E-state index in [1.807, 2.05) is 0 Å². The quantitative estimate of drug-likeness (QED) is 0.665. The molecule has 18 heavy (non-hydrogen) atoms. The van der Waals surface area contributed by atoms with Crippen LogP contribution in [-0.4, -0.2) is 0 Å². The molecule has 0 amide bonds. The molecule has 1 heteroatoms. The van der Waals surface area contributed by atoms with Crippen LogP contribution in [0.1, 0.15) is 37.8 Å². The van der Waals surface area contributed by atoms with Crippen molar-refractivity contribution in [1.82, 2.24) is 0 Å². The van der Waals surface area contributed by atoms with Crippen LogP contribution in [0.15, 0.2) is 48.7 Å². The molecule has 1 aromatic carbocycles. The third-order valence-corrected chi connectivity index (χ3v) is 5.12. The first-order valence-electron chi connectivity index (χ1n) is 6.87. The fraction of sp³-hybridized carbons (Fsp3) is 0.353. The van der Waals surface area contributed by atoms with Crippen molar-refractivity contribution in [3.63, 3.8) is 0 Å². The Morgan fingerprint density at radius 3 is 2.72 bits per heavy atom. The molecule has 1 saturated carbocycles. The molecule has 0 bridgehead atoms. The number of aromatic nitrogens is 1. The molecule has 2 aliphatic rings. The molecule has 1 aliphatic carbocycles. The van der Waals surface area contributed by atoms with Crippen molar-refractivity contribution in [1.29, 1.82) is 0 Å². The van der Waals surface area contributed by atoms with Gasteiger partial charge in [0.2, 0.25) is 5.69 Å². The van der Waals surface area contributed by atoms with Crippen LogP contribution >= 0.6 is 0 Å². The van der Waals surface area contributed by atoms with Gasteiger partial charge in [0.1, 0.15) is 0 Å². The number of hydrogen-bond donors (Lipinski definition) is 0. The first-order valence-corrected chi connectivity index (χ1v) is 6.87. The lowest BCUT2D eigenvalue weighted by Gasteiger charge is -2.12. The zero-order valence-electron chi connectivity index (χ0n) is 10.9. The molecule has 1 nitrogen and oxygen atoms in total. The van der Waals surface area contributed by atoms with Gasteiger partial charge >= 0.3 is 0 Å². The van der Waals surface area contributed by atoms with E-state index in [0.29, 0.717) is 17.4 Å². The number of benzene rings is 1. The van der Waals surface area contributed by atoms with Crippen LogP contribution in [0.3, 0.4) is 0 Å². The lowest BCUT2D eigenvalue weighted by molar-refractivity contribution is -0.697. The average molecular weight is 236 g/mol. The van der Waals surface area contributed by atoms with Crippen LogP contribution < -0.4 is 4.57 Å². The van der Waals surface area contributed by atoms with Gasteiger partial charge in [-0.2, -0.15) is 4.57 Å². The third-order valence-electron chi connectivity index (χ3n) is 5.12. The molecule has 0 N–H and O–H groups in total. The van der Waals surface area contributed by atoms with Crippen molar-refractivity contribution in [2.24, 2.45) is 5.41 Å². The molecule has 1 aromatic heterocycles. The van der Waals surface area contributed by atoms with Crippen LogP contribution in [-0.2, 0) is 0 Å². The highest BCUT2D eigenvalue weighted by Crippen LogP contribution is 2.69. The number of pyridine rings is 1. The minimum Gasteiger partial charge on any atom is -0.194 e. The Labute approximate surface area is 108 Å². The van der Waals surface area contributed by atoms with Gasteiger partial charge in [0, 0.05) is 23.1 Å². The normalized spacial score (nSPS) is 31.2. The van der Waals surface area contributed by atoms with Crippen LogP contribution in [0.4, 0.5) is 0 Å². The molecule has 0 radical (unpaired) electrons. The van der Waals surface area contributed by atoms with Gasteiger partial charge in [-0.15, -0.1) is 0 Å². The molecule has 3 atom stereocenters. The summed E-state index contributed by atoms with van der Waals surface area (Å²) in [4.78, 5) is 0. The fourth-order valence-corrected chi connectivity index (χ4v) is 3.90. The van der Waals surface area contributed by atoms with Gasteiger partial charge in [-0.25, -0.2) is 0 Å². The molecule has 2 heterocycles. The second-order valence-electron chi connectivity index (χ2n) is 5.86. The summed E-state index contributed by atoms with van der Waals surface area (Å²) >= 11 is 0. The van der Waals surface area contributed by atoms with E-state index in [0.717, 1.165) is 0 Å². The lowest BCUT2D eigenvalue weighted by atomic mass is 9.93. The summed E-state index contributed by atoms with van der Waals surface area (Å²) < 4.78 is 2.50. The predicted molar refractivity (Wildman–Crippen MR) is 72.2 cm³/mol. The minimum atomic E-state index is 0.438. The SMILES string of the molecule is CCC1(C)C2c3ccccc3-c3cccc[n+]3C21. The zero-order valence-corrected chi connectivity index (χ0v) is 10.9. The van der Waals surface area contributed by atoms with Crippen LogP contribution in [0.25, 0.3) is 11.3 Å². The molecule has 90 valence electrons. The Hall–Kier alpha value is -1.63. The lowest BCUT2D eigenvalue weighted by Crippen LogP contribution is -2.38. The van der Waals surface area contributed by atoms with E-state index in [4.69, 9.17) is 0 Å². The number of nitrogens with zero attached hydrogens (tertiary/aromatic N) is 1. The van der Waals surface area contributed by atoms with Crippen molar-refractivity contribution in [3.8, 4) is 11.3 Å². The first kappa shape index (κ1) is 10.3. The van der Waals surface area contributed by atoms with E-state index in [2.05, 4.69) is 67.1 Å². The number of rotatable bonds is 1. The highest BCUT2D eigenvalue weighted by Gasteiger charge is 2.70. The van der Waals surface area contributed by atoms with Crippen LogP contribution in [0.2, 0.25) is 0 Å². The Morgan fingerprint density at radius 2 is 1.89 bits per heavy atom. The molecular formula is C17H18N+.